The maximum Gasteiger partial charge on any atom is 0.0728 e. The highest BCUT2D eigenvalue weighted by molar-refractivity contribution is 5.39. The van der Waals surface area contributed by atoms with Crippen LogP contribution >= 0.6 is 0 Å². The van der Waals surface area contributed by atoms with Gasteiger partial charge in [-0.15, -0.1) is 0 Å². The lowest BCUT2D eigenvalue weighted by Gasteiger charge is -2.35. The molecule has 0 aromatic carbocycles. The second-order valence-electron chi connectivity index (χ2n) is 6.10. The molecule has 0 saturated carbocycles. The molecule has 1 atom stereocenters. The second-order valence-corrected chi connectivity index (χ2v) is 6.10. The van der Waals surface area contributed by atoms with E-state index in [4.69, 9.17) is 4.74 Å². The predicted molar refractivity (Wildman–Crippen MR) is 86.6 cm³/mol. The summed E-state index contributed by atoms with van der Waals surface area (Å²) in [6.45, 7) is 9.81. The minimum atomic E-state index is 0.508. The van der Waals surface area contributed by atoms with E-state index < -0.39 is 0 Å². The third kappa shape index (κ3) is 5.00. The SMILES string of the molecule is CCCN1CCC(C(C)Nc2cnn(CCOC)c2)CC1. The van der Waals surface area contributed by atoms with Crippen molar-refractivity contribution < 1.29 is 4.74 Å². The molecule has 0 spiro atoms. The van der Waals surface area contributed by atoms with Crippen LogP contribution in [0.1, 0.15) is 33.1 Å². The van der Waals surface area contributed by atoms with Gasteiger partial charge in [0.2, 0.25) is 0 Å². The summed E-state index contributed by atoms with van der Waals surface area (Å²) < 4.78 is 7.01. The normalized spacial score (nSPS) is 18.8. The number of ether oxygens (including phenoxy) is 1. The van der Waals surface area contributed by atoms with Crippen molar-refractivity contribution >= 4 is 5.69 Å². The molecule has 0 aliphatic carbocycles. The zero-order valence-electron chi connectivity index (χ0n) is 13.7. The van der Waals surface area contributed by atoms with Gasteiger partial charge < -0.3 is 15.0 Å². The fourth-order valence-corrected chi connectivity index (χ4v) is 3.12. The van der Waals surface area contributed by atoms with Crippen molar-refractivity contribution in [2.24, 2.45) is 5.92 Å². The van der Waals surface area contributed by atoms with Crippen LogP contribution < -0.4 is 5.32 Å². The molecule has 1 aliphatic heterocycles. The van der Waals surface area contributed by atoms with Gasteiger partial charge in [-0.1, -0.05) is 6.92 Å². The fraction of sp³-hybridized carbons (Fsp3) is 0.812. The summed E-state index contributed by atoms with van der Waals surface area (Å²) in [6, 6.07) is 0.508. The molecule has 1 aliphatic rings. The highest BCUT2D eigenvalue weighted by atomic mass is 16.5. The number of anilines is 1. The van der Waals surface area contributed by atoms with Crippen molar-refractivity contribution in [1.29, 1.82) is 0 Å². The summed E-state index contributed by atoms with van der Waals surface area (Å²) in [6.07, 6.45) is 7.84. The van der Waals surface area contributed by atoms with Crippen molar-refractivity contribution in [3.8, 4) is 0 Å². The first kappa shape index (κ1) is 16.3. The third-order valence-electron chi connectivity index (χ3n) is 4.43. The van der Waals surface area contributed by atoms with Gasteiger partial charge in [-0.2, -0.15) is 5.10 Å². The Hall–Kier alpha value is -1.07. The first-order valence-electron chi connectivity index (χ1n) is 8.23. The molecule has 0 amide bonds. The molecule has 2 heterocycles. The molecule has 0 bridgehead atoms. The minimum Gasteiger partial charge on any atom is -0.383 e. The summed E-state index contributed by atoms with van der Waals surface area (Å²) in [5.41, 5.74) is 1.12. The maximum atomic E-state index is 5.08. The van der Waals surface area contributed by atoms with E-state index in [1.54, 1.807) is 7.11 Å². The monoisotopic (exact) mass is 294 g/mol. The van der Waals surface area contributed by atoms with Crippen LogP contribution in [0.3, 0.4) is 0 Å². The number of likely N-dealkylation sites (tertiary alicyclic amines) is 1. The molecule has 5 heteroatoms. The molecule has 21 heavy (non-hydrogen) atoms. The first-order valence-corrected chi connectivity index (χ1v) is 8.23. The van der Waals surface area contributed by atoms with E-state index >= 15 is 0 Å². The topological polar surface area (TPSA) is 42.3 Å². The van der Waals surface area contributed by atoms with Gasteiger partial charge in [0.1, 0.15) is 0 Å². The summed E-state index contributed by atoms with van der Waals surface area (Å²) in [4.78, 5) is 2.59. The van der Waals surface area contributed by atoms with Gasteiger partial charge in [0.25, 0.3) is 0 Å². The molecule has 1 aromatic heterocycles. The maximum absolute atomic E-state index is 5.08. The van der Waals surface area contributed by atoms with Gasteiger partial charge in [0.05, 0.1) is 25.0 Å². The smallest absolute Gasteiger partial charge is 0.0728 e. The van der Waals surface area contributed by atoms with Crippen LogP contribution in [0.2, 0.25) is 0 Å². The molecule has 120 valence electrons. The van der Waals surface area contributed by atoms with E-state index in [9.17, 15) is 0 Å². The summed E-state index contributed by atoms with van der Waals surface area (Å²) in [5.74, 6) is 0.764. The van der Waals surface area contributed by atoms with E-state index in [0.717, 1.165) is 18.2 Å². The number of methoxy groups -OCH3 is 1. The van der Waals surface area contributed by atoms with E-state index in [1.807, 2.05) is 10.9 Å². The van der Waals surface area contributed by atoms with Gasteiger partial charge in [-0.3, -0.25) is 4.68 Å². The number of aromatic nitrogens is 2. The van der Waals surface area contributed by atoms with Gasteiger partial charge in [-0.25, -0.2) is 0 Å². The van der Waals surface area contributed by atoms with Gasteiger partial charge >= 0.3 is 0 Å². The second kappa shape index (κ2) is 8.39. The van der Waals surface area contributed by atoms with Crippen LogP contribution in [-0.2, 0) is 11.3 Å². The minimum absolute atomic E-state index is 0.508. The predicted octanol–water partition coefficient (Wildman–Crippen LogP) is 2.45. The van der Waals surface area contributed by atoms with Crippen LogP contribution in [0.4, 0.5) is 5.69 Å². The van der Waals surface area contributed by atoms with E-state index in [0.29, 0.717) is 12.6 Å². The number of rotatable bonds is 8. The lowest BCUT2D eigenvalue weighted by molar-refractivity contribution is 0.176. The van der Waals surface area contributed by atoms with Crippen molar-refractivity contribution in [2.75, 3.05) is 38.7 Å². The van der Waals surface area contributed by atoms with Crippen LogP contribution in [0.25, 0.3) is 0 Å². The number of hydrogen-bond acceptors (Lipinski definition) is 4. The lowest BCUT2D eigenvalue weighted by Crippen LogP contribution is -2.39. The molecular formula is C16H30N4O. The number of nitrogens with zero attached hydrogens (tertiary/aromatic N) is 3. The molecule has 1 N–H and O–H groups in total. The molecule has 0 radical (unpaired) electrons. The average Bonchev–Trinajstić information content (AvgIpc) is 2.93. The number of hydrogen-bond donors (Lipinski definition) is 1. The summed E-state index contributed by atoms with van der Waals surface area (Å²) >= 11 is 0. The third-order valence-corrected chi connectivity index (χ3v) is 4.43. The Morgan fingerprint density at radius 3 is 2.81 bits per heavy atom. The average molecular weight is 294 g/mol. The molecular weight excluding hydrogens is 264 g/mol. The Kier molecular flexibility index (Phi) is 6.51. The standard InChI is InChI=1S/C16H30N4O/c1-4-7-19-8-5-15(6-9-19)14(2)18-16-12-17-20(13-16)10-11-21-3/h12-15,18H,4-11H2,1-3H3. The van der Waals surface area contributed by atoms with Gasteiger partial charge in [0, 0.05) is 19.3 Å². The van der Waals surface area contributed by atoms with Crippen LogP contribution in [0.15, 0.2) is 12.4 Å². The van der Waals surface area contributed by atoms with Crippen molar-refractivity contribution in [3.05, 3.63) is 12.4 Å². The zero-order valence-corrected chi connectivity index (χ0v) is 13.7. The Morgan fingerprint density at radius 2 is 2.14 bits per heavy atom. The highest BCUT2D eigenvalue weighted by Crippen LogP contribution is 2.23. The molecule has 1 saturated heterocycles. The quantitative estimate of drug-likeness (QED) is 0.800. The van der Waals surface area contributed by atoms with Gasteiger partial charge in [0.15, 0.2) is 0 Å². The van der Waals surface area contributed by atoms with Crippen molar-refractivity contribution in [1.82, 2.24) is 14.7 Å². The Balaban J connectivity index is 1.76. The van der Waals surface area contributed by atoms with E-state index in [2.05, 4.69) is 35.4 Å². The van der Waals surface area contributed by atoms with Gasteiger partial charge in [-0.05, 0) is 51.7 Å². The molecule has 1 unspecified atom stereocenters. The first-order chi connectivity index (χ1) is 10.2. The molecule has 5 nitrogen and oxygen atoms in total. The van der Waals surface area contributed by atoms with E-state index in [1.165, 1.54) is 38.9 Å². The number of nitrogens with one attached hydrogen (secondary N) is 1. The Morgan fingerprint density at radius 1 is 1.38 bits per heavy atom. The Bertz CT molecular complexity index is 399. The molecule has 1 aromatic rings. The lowest BCUT2D eigenvalue weighted by atomic mass is 9.90. The van der Waals surface area contributed by atoms with Crippen molar-refractivity contribution in [3.63, 3.8) is 0 Å². The van der Waals surface area contributed by atoms with Crippen molar-refractivity contribution in [2.45, 2.75) is 45.7 Å². The number of piperidine rings is 1. The largest absolute Gasteiger partial charge is 0.383 e. The van der Waals surface area contributed by atoms with Crippen LogP contribution in [-0.4, -0.2) is 54.1 Å². The molecule has 2 rings (SSSR count). The van der Waals surface area contributed by atoms with Crippen LogP contribution in [0, 0.1) is 5.92 Å². The highest BCUT2D eigenvalue weighted by Gasteiger charge is 2.23. The Labute approximate surface area is 128 Å². The van der Waals surface area contributed by atoms with E-state index in [-0.39, 0.29) is 0 Å². The summed E-state index contributed by atoms with van der Waals surface area (Å²) in [7, 11) is 1.72. The van der Waals surface area contributed by atoms with Crippen LogP contribution in [0.5, 0.6) is 0 Å². The summed E-state index contributed by atoms with van der Waals surface area (Å²) in [5, 5.41) is 7.97. The fourth-order valence-electron chi connectivity index (χ4n) is 3.12. The zero-order chi connectivity index (χ0) is 15.1. The molecule has 1 fully saturated rings.